The Morgan fingerprint density at radius 1 is 1.24 bits per heavy atom. The number of benzene rings is 1. The first-order valence-corrected chi connectivity index (χ1v) is 6.95. The second-order valence-electron chi connectivity index (χ2n) is 6.36. The van der Waals surface area contributed by atoms with E-state index in [9.17, 15) is 9.59 Å². The highest BCUT2D eigenvalue weighted by atomic mass is 16.4. The number of carboxylic acids is 1. The average Bonchev–Trinajstić information content (AvgIpc) is 2.37. The van der Waals surface area contributed by atoms with Gasteiger partial charge in [-0.05, 0) is 51.8 Å². The smallest absolute Gasteiger partial charge is 0.335 e. The lowest BCUT2D eigenvalue weighted by molar-refractivity contribution is -0.132. The zero-order valence-corrected chi connectivity index (χ0v) is 13.1. The maximum Gasteiger partial charge on any atom is 0.335 e. The Kier molecular flexibility index (Phi) is 5.12. The van der Waals surface area contributed by atoms with Crippen molar-refractivity contribution in [3.63, 3.8) is 0 Å². The van der Waals surface area contributed by atoms with Gasteiger partial charge in [-0.15, -0.1) is 0 Å². The number of rotatable bonds is 6. The SMILES string of the molecule is CC(C)(N)C(C)(C)C(=O)NCCc1cccc(C(=O)O)c1. The maximum absolute atomic E-state index is 12.2. The van der Waals surface area contributed by atoms with Crippen LogP contribution >= 0.6 is 0 Å². The lowest BCUT2D eigenvalue weighted by atomic mass is 9.74. The van der Waals surface area contributed by atoms with Gasteiger partial charge in [0.2, 0.25) is 5.91 Å². The summed E-state index contributed by atoms with van der Waals surface area (Å²) in [7, 11) is 0. The van der Waals surface area contributed by atoms with Crippen molar-refractivity contribution in [1.82, 2.24) is 5.32 Å². The number of hydrogen-bond acceptors (Lipinski definition) is 3. The number of amides is 1. The molecule has 0 fully saturated rings. The molecule has 0 saturated heterocycles. The van der Waals surface area contributed by atoms with Crippen molar-refractivity contribution in [2.75, 3.05) is 6.54 Å². The molecule has 0 bridgehead atoms. The van der Waals surface area contributed by atoms with Crippen LogP contribution < -0.4 is 11.1 Å². The Labute approximate surface area is 125 Å². The molecule has 0 radical (unpaired) electrons. The Morgan fingerprint density at radius 3 is 2.38 bits per heavy atom. The predicted molar refractivity (Wildman–Crippen MR) is 82.2 cm³/mol. The van der Waals surface area contributed by atoms with Gasteiger partial charge in [-0.25, -0.2) is 4.79 Å². The Hall–Kier alpha value is -1.88. The number of aromatic carboxylic acids is 1. The summed E-state index contributed by atoms with van der Waals surface area (Å²) in [5.41, 5.74) is 5.84. The van der Waals surface area contributed by atoms with Gasteiger partial charge in [-0.2, -0.15) is 0 Å². The number of carbonyl (C=O) groups is 2. The van der Waals surface area contributed by atoms with E-state index < -0.39 is 16.9 Å². The third kappa shape index (κ3) is 4.29. The van der Waals surface area contributed by atoms with E-state index in [0.29, 0.717) is 13.0 Å². The molecule has 1 rings (SSSR count). The van der Waals surface area contributed by atoms with E-state index in [1.54, 1.807) is 18.2 Å². The van der Waals surface area contributed by atoms with E-state index >= 15 is 0 Å². The topological polar surface area (TPSA) is 92.4 Å². The van der Waals surface area contributed by atoms with Crippen molar-refractivity contribution in [2.24, 2.45) is 11.1 Å². The van der Waals surface area contributed by atoms with Crippen LogP contribution in [0, 0.1) is 5.41 Å². The van der Waals surface area contributed by atoms with Crippen molar-refractivity contribution < 1.29 is 14.7 Å². The second kappa shape index (κ2) is 6.26. The van der Waals surface area contributed by atoms with Crippen LogP contribution in [-0.2, 0) is 11.2 Å². The first-order chi connectivity index (χ1) is 9.55. The summed E-state index contributed by atoms with van der Waals surface area (Å²) in [6.07, 6.45) is 0.577. The molecule has 1 aromatic carbocycles. The summed E-state index contributed by atoms with van der Waals surface area (Å²) in [5.74, 6) is -1.06. The molecule has 0 heterocycles. The zero-order chi connectivity index (χ0) is 16.3. The molecular formula is C16H24N2O3. The van der Waals surface area contributed by atoms with E-state index in [-0.39, 0.29) is 11.5 Å². The molecule has 0 spiro atoms. The van der Waals surface area contributed by atoms with Crippen molar-refractivity contribution in [3.05, 3.63) is 35.4 Å². The molecule has 0 atom stereocenters. The number of nitrogens with two attached hydrogens (primary N) is 1. The highest BCUT2D eigenvalue weighted by Gasteiger charge is 2.40. The molecule has 0 saturated carbocycles. The minimum absolute atomic E-state index is 0.107. The largest absolute Gasteiger partial charge is 0.478 e. The third-order valence-corrected chi connectivity index (χ3v) is 4.05. The summed E-state index contributed by atoms with van der Waals surface area (Å²) >= 11 is 0. The molecule has 5 heteroatoms. The monoisotopic (exact) mass is 292 g/mol. The van der Waals surface area contributed by atoms with Gasteiger partial charge in [0.25, 0.3) is 0 Å². The summed E-state index contributed by atoms with van der Waals surface area (Å²) in [4.78, 5) is 23.1. The van der Waals surface area contributed by atoms with Crippen LogP contribution in [0.2, 0.25) is 0 Å². The van der Waals surface area contributed by atoms with E-state index in [0.717, 1.165) is 5.56 Å². The average molecular weight is 292 g/mol. The van der Waals surface area contributed by atoms with Gasteiger partial charge in [0.1, 0.15) is 0 Å². The van der Waals surface area contributed by atoms with E-state index in [4.69, 9.17) is 10.8 Å². The van der Waals surface area contributed by atoms with Crippen LogP contribution in [0.25, 0.3) is 0 Å². The molecule has 0 aromatic heterocycles. The summed E-state index contributed by atoms with van der Waals surface area (Å²) < 4.78 is 0. The third-order valence-electron chi connectivity index (χ3n) is 4.05. The van der Waals surface area contributed by atoms with E-state index in [1.165, 1.54) is 0 Å². The number of hydrogen-bond donors (Lipinski definition) is 3. The Bertz CT molecular complexity index is 531. The fourth-order valence-electron chi connectivity index (χ4n) is 1.69. The molecule has 5 nitrogen and oxygen atoms in total. The van der Waals surface area contributed by atoms with Crippen LogP contribution in [0.15, 0.2) is 24.3 Å². The van der Waals surface area contributed by atoms with Gasteiger partial charge >= 0.3 is 5.97 Å². The molecule has 0 unspecified atom stereocenters. The minimum Gasteiger partial charge on any atom is -0.478 e. The lowest BCUT2D eigenvalue weighted by Gasteiger charge is -2.36. The molecule has 1 amide bonds. The first-order valence-electron chi connectivity index (χ1n) is 6.95. The molecule has 4 N–H and O–H groups in total. The molecule has 116 valence electrons. The summed E-state index contributed by atoms with van der Waals surface area (Å²) in [5, 5.41) is 11.8. The Morgan fingerprint density at radius 2 is 1.86 bits per heavy atom. The fourth-order valence-corrected chi connectivity index (χ4v) is 1.69. The van der Waals surface area contributed by atoms with Gasteiger partial charge in [0.05, 0.1) is 11.0 Å². The van der Waals surface area contributed by atoms with Gasteiger partial charge in [0, 0.05) is 12.1 Å². The molecule has 0 aliphatic heterocycles. The first kappa shape index (κ1) is 17.2. The van der Waals surface area contributed by atoms with Gasteiger partial charge < -0.3 is 16.2 Å². The normalized spacial score (nSPS) is 12.0. The van der Waals surface area contributed by atoms with Gasteiger partial charge in [-0.1, -0.05) is 12.1 Å². The Balaban J connectivity index is 2.60. The standard InChI is InChI=1S/C16H24N2O3/c1-15(2,16(3,4)17)14(21)18-9-8-11-6-5-7-12(10-11)13(19)20/h5-7,10H,8-9,17H2,1-4H3,(H,18,21)(H,19,20). The van der Waals surface area contributed by atoms with Crippen molar-refractivity contribution in [3.8, 4) is 0 Å². The minimum atomic E-state index is -0.952. The van der Waals surface area contributed by atoms with Crippen molar-refractivity contribution in [2.45, 2.75) is 39.7 Å². The van der Waals surface area contributed by atoms with E-state index in [2.05, 4.69) is 5.32 Å². The zero-order valence-electron chi connectivity index (χ0n) is 13.1. The molecule has 21 heavy (non-hydrogen) atoms. The van der Waals surface area contributed by atoms with E-state index in [1.807, 2.05) is 33.8 Å². The highest BCUT2D eigenvalue weighted by Crippen LogP contribution is 2.28. The van der Waals surface area contributed by atoms with Crippen LogP contribution in [0.3, 0.4) is 0 Å². The van der Waals surface area contributed by atoms with Crippen molar-refractivity contribution in [1.29, 1.82) is 0 Å². The van der Waals surface area contributed by atoms with Gasteiger partial charge in [0.15, 0.2) is 0 Å². The fraction of sp³-hybridized carbons (Fsp3) is 0.500. The number of carbonyl (C=O) groups excluding carboxylic acids is 1. The van der Waals surface area contributed by atoms with Crippen LogP contribution in [-0.4, -0.2) is 29.1 Å². The summed E-state index contributed by atoms with van der Waals surface area (Å²) in [6, 6.07) is 6.71. The van der Waals surface area contributed by atoms with Crippen LogP contribution in [0.4, 0.5) is 0 Å². The van der Waals surface area contributed by atoms with Crippen LogP contribution in [0.5, 0.6) is 0 Å². The lowest BCUT2D eigenvalue weighted by Crippen LogP contribution is -2.55. The number of carboxylic acid groups (broad SMARTS) is 1. The molecule has 0 aliphatic rings. The predicted octanol–water partition coefficient (Wildman–Crippen LogP) is 1.81. The molecular weight excluding hydrogens is 268 g/mol. The quantitative estimate of drug-likeness (QED) is 0.745. The summed E-state index contributed by atoms with van der Waals surface area (Å²) in [6.45, 7) is 7.72. The van der Waals surface area contributed by atoms with Crippen LogP contribution in [0.1, 0.15) is 43.6 Å². The number of nitrogens with one attached hydrogen (secondary N) is 1. The van der Waals surface area contributed by atoms with Crippen molar-refractivity contribution >= 4 is 11.9 Å². The van der Waals surface area contributed by atoms with Gasteiger partial charge in [-0.3, -0.25) is 4.79 Å². The maximum atomic E-state index is 12.2. The molecule has 0 aliphatic carbocycles. The highest BCUT2D eigenvalue weighted by molar-refractivity contribution is 5.87. The second-order valence-corrected chi connectivity index (χ2v) is 6.36. The molecule has 1 aromatic rings.